The first-order valence-electron chi connectivity index (χ1n) is 8.98. The van der Waals surface area contributed by atoms with E-state index in [0.29, 0.717) is 29.4 Å². The molecule has 11 heteroatoms. The molecule has 0 spiro atoms. The van der Waals surface area contributed by atoms with E-state index in [1.165, 1.54) is 26.1 Å². The number of aromatic nitrogens is 3. The third kappa shape index (κ3) is 6.27. The number of ether oxygens (including phenoxy) is 1. The van der Waals surface area contributed by atoms with Crippen LogP contribution < -0.4 is 4.74 Å². The van der Waals surface area contributed by atoms with Gasteiger partial charge in [-0.1, -0.05) is 32.4 Å². The fraction of sp³-hybridized carbons (Fsp3) is 0.526. The Kier molecular flexibility index (Phi) is 9.45. The molecule has 0 aromatic carbocycles. The van der Waals surface area contributed by atoms with Crippen LogP contribution in [-0.2, 0) is 29.0 Å². The number of rotatable bonds is 8. The van der Waals surface area contributed by atoms with E-state index in [4.69, 9.17) is 21.2 Å². The minimum atomic E-state index is -3.08. The minimum Gasteiger partial charge on any atom is -0.434 e. The molecular weight excluding hydrogens is 430 g/mol. The molecule has 0 aliphatic heterocycles. The molecule has 0 bridgehead atoms. The van der Waals surface area contributed by atoms with Gasteiger partial charge in [-0.15, -0.1) is 0 Å². The molecule has 0 saturated carbocycles. The smallest absolute Gasteiger partial charge is 0.387 e. The summed E-state index contributed by atoms with van der Waals surface area (Å²) in [6.45, 7) is 3.87. The highest BCUT2D eigenvalue weighted by Crippen LogP contribution is 2.38. The molecule has 2 aromatic rings. The highest BCUT2D eigenvalue weighted by Gasteiger charge is 2.31. The number of alkyl halides is 4. The first-order valence-corrected chi connectivity index (χ1v) is 9.36. The Morgan fingerprint density at radius 1 is 1.23 bits per heavy atom. The Morgan fingerprint density at radius 3 is 2.30 bits per heavy atom. The number of hydrogen-bond donors (Lipinski definition) is 0. The van der Waals surface area contributed by atoms with Crippen molar-refractivity contribution in [2.24, 2.45) is 5.41 Å². The predicted octanol–water partition coefficient (Wildman–Crippen LogP) is 5.03. The van der Waals surface area contributed by atoms with Gasteiger partial charge in [0.2, 0.25) is 6.43 Å². The summed E-state index contributed by atoms with van der Waals surface area (Å²) in [4.78, 5) is 20.4. The van der Waals surface area contributed by atoms with Crippen molar-refractivity contribution in [3.63, 3.8) is 0 Å². The third-order valence-electron chi connectivity index (χ3n) is 4.22. The number of hydrogen-bond acceptors (Lipinski definition) is 5. The van der Waals surface area contributed by atoms with Gasteiger partial charge >= 0.3 is 12.8 Å². The molecule has 0 aliphatic carbocycles. The fourth-order valence-corrected chi connectivity index (χ4v) is 3.06. The maximum Gasteiger partial charge on any atom is 0.387 e. The van der Waals surface area contributed by atoms with Crippen LogP contribution in [0.15, 0.2) is 12.3 Å². The molecular formula is C19H22ClF4N3O3. The molecule has 0 fully saturated rings. The van der Waals surface area contributed by atoms with Crippen molar-refractivity contribution < 1.29 is 31.9 Å². The molecule has 30 heavy (non-hydrogen) atoms. The zero-order valence-electron chi connectivity index (χ0n) is 16.9. The van der Waals surface area contributed by atoms with Crippen LogP contribution in [0.25, 0.3) is 11.3 Å². The van der Waals surface area contributed by atoms with Crippen LogP contribution in [0.3, 0.4) is 0 Å². The Labute approximate surface area is 176 Å². The molecule has 0 amide bonds. The summed E-state index contributed by atoms with van der Waals surface area (Å²) in [6.07, 6.45) is -0.534. The maximum absolute atomic E-state index is 13.1. The second-order valence-electron chi connectivity index (χ2n) is 6.88. The molecule has 0 aliphatic rings. The van der Waals surface area contributed by atoms with Crippen LogP contribution in [0.4, 0.5) is 17.6 Å². The topological polar surface area (TPSA) is 74.1 Å². The first kappa shape index (κ1) is 25.6. The van der Waals surface area contributed by atoms with E-state index in [0.717, 1.165) is 0 Å². The minimum absolute atomic E-state index is 0.0917. The normalized spacial score (nSPS) is 11.3. The van der Waals surface area contributed by atoms with Crippen molar-refractivity contribution in [1.82, 2.24) is 14.8 Å². The van der Waals surface area contributed by atoms with E-state index < -0.39 is 18.5 Å². The molecule has 6 nitrogen and oxygen atoms in total. The molecule has 0 atom stereocenters. The van der Waals surface area contributed by atoms with Gasteiger partial charge in [0.1, 0.15) is 5.75 Å². The van der Waals surface area contributed by atoms with Gasteiger partial charge in [0.05, 0.1) is 22.0 Å². The SMILES string of the molecule is CCc1nn(CC)c(-c2cnc(CC(C)(C)C(F)F)cc2OC(F)F)c1Cl.O=C=O. The highest BCUT2D eigenvalue weighted by atomic mass is 35.5. The monoisotopic (exact) mass is 451 g/mol. The van der Waals surface area contributed by atoms with Crippen molar-refractivity contribution in [3.05, 3.63) is 28.7 Å². The molecule has 0 saturated heterocycles. The molecule has 2 rings (SSSR count). The van der Waals surface area contributed by atoms with Crippen molar-refractivity contribution in [2.75, 3.05) is 0 Å². The third-order valence-corrected chi connectivity index (χ3v) is 4.61. The Hall–Kier alpha value is -2.45. The summed E-state index contributed by atoms with van der Waals surface area (Å²) in [6, 6.07) is 1.26. The van der Waals surface area contributed by atoms with Gasteiger partial charge in [-0.3, -0.25) is 9.67 Å². The van der Waals surface area contributed by atoms with Crippen LogP contribution >= 0.6 is 11.6 Å². The van der Waals surface area contributed by atoms with Crippen LogP contribution in [0.2, 0.25) is 5.02 Å². The van der Waals surface area contributed by atoms with Gasteiger partial charge in [0.15, 0.2) is 0 Å². The Balaban J connectivity index is 0.00000141. The Bertz CT molecular complexity index is 882. The van der Waals surface area contributed by atoms with Crippen LogP contribution in [0, 0.1) is 5.41 Å². The lowest BCUT2D eigenvalue weighted by molar-refractivity contribution is -0.191. The van der Waals surface area contributed by atoms with Gasteiger partial charge < -0.3 is 4.74 Å². The summed E-state index contributed by atoms with van der Waals surface area (Å²) in [5.74, 6) is -0.167. The van der Waals surface area contributed by atoms with Crippen molar-refractivity contribution in [2.45, 2.75) is 60.1 Å². The van der Waals surface area contributed by atoms with Crippen LogP contribution in [0.1, 0.15) is 39.1 Å². The second-order valence-corrected chi connectivity index (χ2v) is 7.26. The van der Waals surface area contributed by atoms with Crippen molar-refractivity contribution in [3.8, 4) is 17.0 Å². The van der Waals surface area contributed by atoms with E-state index >= 15 is 0 Å². The molecule has 166 valence electrons. The van der Waals surface area contributed by atoms with Gasteiger partial charge in [-0.05, 0) is 13.3 Å². The number of halogens is 5. The molecule has 2 aromatic heterocycles. The molecule has 0 unspecified atom stereocenters. The molecule has 0 radical (unpaired) electrons. The maximum atomic E-state index is 13.1. The van der Waals surface area contributed by atoms with E-state index in [9.17, 15) is 17.6 Å². The van der Waals surface area contributed by atoms with E-state index in [1.807, 2.05) is 13.8 Å². The average molecular weight is 452 g/mol. The summed E-state index contributed by atoms with van der Waals surface area (Å²) in [7, 11) is 0. The fourth-order valence-electron chi connectivity index (χ4n) is 2.69. The zero-order chi connectivity index (χ0) is 23.1. The zero-order valence-corrected chi connectivity index (χ0v) is 17.6. The van der Waals surface area contributed by atoms with Gasteiger partial charge in [-0.2, -0.15) is 23.5 Å². The summed E-state index contributed by atoms with van der Waals surface area (Å²) in [5, 5.41) is 4.70. The van der Waals surface area contributed by atoms with E-state index in [1.54, 1.807) is 4.68 Å². The summed E-state index contributed by atoms with van der Waals surface area (Å²) < 4.78 is 58.4. The standard InChI is InChI=1S/C18H22ClF4N3O.CO2/c1-5-12-14(19)15(26(6-2)25-12)11-9-24-10(7-13(11)27-17(22)23)8-18(3,4)16(20)21;2-1-3/h7,9,16-17H,5-6,8H2,1-4H3;. The van der Waals surface area contributed by atoms with Gasteiger partial charge in [0, 0.05) is 36.3 Å². The second kappa shape index (κ2) is 11.1. The van der Waals surface area contributed by atoms with E-state index in [2.05, 4.69) is 14.8 Å². The Morgan fingerprint density at radius 2 is 1.83 bits per heavy atom. The lowest BCUT2D eigenvalue weighted by Gasteiger charge is -2.23. The predicted molar refractivity (Wildman–Crippen MR) is 101 cm³/mol. The highest BCUT2D eigenvalue weighted by molar-refractivity contribution is 6.33. The van der Waals surface area contributed by atoms with E-state index in [-0.39, 0.29) is 29.6 Å². The number of nitrogens with zero attached hydrogens (tertiary/aromatic N) is 3. The lowest BCUT2D eigenvalue weighted by Crippen LogP contribution is -2.25. The average Bonchev–Trinajstić information content (AvgIpc) is 2.97. The van der Waals surface area contributed by atoms with Gasteiger partial charge in [0.25, 0.3) is 0 Å². The number of carbonyl (C=O) groups excluding carboxylic acids is 2. The molecule has 0 N–H and O–H groups in total. The summed E-state index contributed by atoms with van der Waals surface area (Å²) >= 11 is 6.39. The lowest BCUT2D eigenvalue weighted by atomic mass is 9.88. The quantitative estimate of drug-likeness (QED) is 0.526. The van der Waals surface area contributed by atoms with Crippen molar-refractivity contribution in [1.29, 1.82) is 0 Å². The number of pyridine rings is 1. The summed E-state index contributed by atoms with van der Waals surface area (Å²) in [5.41, 5.74) is 0.162. The first-order chi connectivity index (χ1) is 14.0. The van der Waals surface area contributed by atoms with Crippen molar-refractivity contribution >= 4 is 17.8 Å². The largest absolute Gasteiger partial charge is 0.434 e. The van der Waals surface area contributed by atoms with Gasteiger partial charge in [-0.25, -0.2) is 8.78 Å². The van der Waals surface area contributed by atoms with Crippen LogP contribution in [0.5, 0.6) is 5.75 Å². The number of aryl methyl sites for hydroxylation is 2. The van der Waals surface area contributed by atoms with Crippen LogP contribution in [-0.4, -0.2) is 34.0 Å². The molecule has 2 heterocycles.